The predicted octanol–water partition coefficient (Wildman–Crippen LogP) is 2.76. The van der Waals surface area contributed by atoms with Gasteiger partial charge < -0.3 is 29.0 Å². The zero-order chi connectivity index (χ0) is 21.8. The highest BCUT2D eigenvalue weighted by Gasteiger charge is 2.16. The van der Waals surface area contributed by atoms with E-state index in [9.17, 15) is 15.0 Å². The minimum absolute atomic E-state index is 0.0624. The van der Waals surface area contributed by atoms with Gasteiger partial charge in [-0.25, -0.2) is 0 Å². The number of rotatable bonds is 7. The third kappa shape index (κ3) is 4.43. The first-order valence-corrected chi connectivity index (χ1v) is 9.09. The maximum absolute atomic E-state index is 11.3. The van der Waals surface area contributed by atoms with E-state index in [1.807, 2.05) is 0 Å². The van der Waals surface area contributed by atoms with Crippen LogP contribution in [0.25, 0.3) is 23.0 Å². The van der Waals surface area contributed by atoms with Crippen molar-refractivity contribution >= 4 is 17.6 Å². The fraction of sp³-hybridized carbons (Fsp3) is 0.227. The van der Waals surface area contributed by atoms with E-state index in [1.165, 1.54) is 14.2 Å². The van der Waals surface area contributed by atoms with Gasteiger partial charge in [-0.2, -0.15) is 4.98 Å². The number of carboxylic acids is 1. The molecule has 0 saturated heterocycles. The summed E-state index contributed by atoms with van der Waals surface area (Å²) in [5.41, 5.74) is 2.95. The second-order valence-electron chi connectivity index (χ2n) is 6.71. The van der Waals surface area contributed by atoms with Gasteiger partial charge in [0.2, 0.25) is 5.82 Å². The van der Waals surface area contributed by atoms with Crippen LogP contribution in [0.15, 0.2) is 34.9 Å². The van der Waals surface area contributed by atoms with Crippen molar-refractivity contribution in [3.8, 4) is 28.6 Å². The number of hydrogen-bond donors (Lipinski definition) is 1. The van der Waals surface area contributed by atoms with Crippen molar-refractivity contribution < 1.29 is 29.0 Å². The summed E-state index contributed by atoms with van der Waals surface area (Å²) < 4.78 is 15.8. The Morgan fingerprint density at radius 3 is 2.40 bits per heavy atom. The van der Waals surface area contributed by atoms with E-state index in [0.717, 1.165) is 0 Å². The number of aromatic nitrogens is 2. The lowest BCUT2D eigenvalue weighted by atomic mass is 10.0. The number of methoxy groups -OCH3 is 2. The van der Waals surface area contributed by atoms with Crippen LogP contribution in [-0.4, -0.2) is 35.4 Å². The van der Waals surface area contributed by atoms with E-state index in [-0.39, 0.29) is 17.5 Å². The third-order valence-corrected chi connectivity index (χ3v) is 4.53. The molecule has 8 heteroatoms. The molecule has 0 amide bonds. The number of carbonyl (C=O) groups excluding carboxylic acids is 1. The van der Waals surface area contributed by atoms with E-state index >= 15 is 0 Å². The monoisotopic (exact) mass is 409 g/mol. The number of aryl methyl sites for hydroxylation is 2. The zero-order valence-corrected chi connectivity index (χ0v) is 17.1. The number of ether oxygens (including phenoxy) is 2. The van der Waals surface area contributed by atoms with Crippen LogP contribution in [0.3, 0.4) is 0 Å². The summed E-state index contributed by atoms with van der Waals surface area (Å²) in [7, 11) is 3.05. The normalized spacial score (nSPS) is 11.4. The van der Waals surface area contributed by atoms with Crippen LogP contribution < -0.4 is 14.6 Å². The molecule has 0 radical (unpaired) electrons. The Morgan fingerprint density at radius 2 is 1.80 bits per heavy atom. The van der Waals surface area contributed by atoms with Crippen molar-refractivity contribution in [3.63, 3.8) is 0 Å². The summed E-state index contributed by atoms with van der Waals surface area (Å²) in [5.74, 6) is 0.310. The molecule has 0 spiro atoms. The molecule has 1 heterocycles. The summed E-state index contributed by atoms with van der Waals surface area (Å²) in [6.45, 7) is 3.53. The van der Waals surface area contributed by atoms with Gasteiger partial charge in [0, 0.05) is 23.5 Å². The molecule has 3 aromatic rings. The zero-order valence-electron chi connectivity index (χ0n) is 17.1. The standard InChI is InChI=1S/C22H22N2O6/c1-12-7-14(8-13(2)20(12)27)9-16(11-19(25)26)22-23-21(24-30-22)15-5-6-17(28-3)18(10-15)29-4/h5-10,27H,11H2,1-4H3,(H,25,26)/p-1/b16-9+. The lowest BCUT2D eigenvalue weighted by Crippen LogP contribution is -2.22. The molecule has 2 aromatic carbocycles. The number of carbonyl (C=O) groups is 1. The Balaban J connectivity index is 2.01. The van der Waals surface area contributed by atoms with E-state index in [2.05, 4.69) is 10.1 Å². The van der Waals surface area contributed by atoms with Crippen LogP contribution in [0.5, 0.6) is 17.2 Å². The quantitative estimate of drug-likeness (QED) is 0.633. The summed E-state index contributed by atoms with van der Waals surface area (Å²) in [4.78, 5) is 15.6. The van der Waals surface area contributed by atoms with Crippen LogP contribution >= 0.6 is 0 Å². The molecule has 156 valence electrons. The highest BCUT2D eigenvalue weighted by atomic mass is 16.5. The largest absolute Gasteiger partial charge is 0.550 e. The minimum Gasteiger partial charge on any atom is -0.550 e. The van der Waals surface area contributed by atoms with Crippen molar-refractivity contribution in [1.82, 2.24) is 10.1 Å². The molecular formula is C22H21N2O6-. The van der Waals surface area contributed by atoms with Crippen LogP contribution in [0, 0.1) is 13.8 Å². The molecular weight excluding hydrogens is 388 g/mol. The molecule has 3 rings (SSSR count). The first-order valence-electron chi connectivity index (χ1n) is 9.09. The smallest absolute Gasteiger partial charge is 0.254 e. The van der Waals surface area contributed by atoms with Crippen LogP contribution in [0.1, 0.15) is 29.0 Å². The Morgan fingerprint density at radius 1 is 1.13 bits per heavy atom. The third-order valence-electron chi connectivity index (χ3n) is 4.53. The summed E-state index contributed by atoms with van der Waals surface area (Å²) in [5, 5.41) is 25.2. The first kappa shape index (κ1) is 20.9. The first-order chi connectivity index (χ1) is 14.3. The van der Waals surface area contributed by atoms with Crippen molar-refractivity contribution in [2.24, 2.45) is 0 Å². The van der Waals surface area contributed by atoms with Gasteiger partial charge in [-0.3, -0.25) is 0 Å². The number of aromatic hydroxyl groups is 1. The lowest BCUT2D eigenvalue weighted by molar-refractivity contribution is -0.304. The van der Waals surface area contributed by atoms with Crippen LogP contribution in [0.4, 0.5) is 0 Å². The number of nitrogens with zero attached hydrogens (tertiary/aromatic N) is 2. The molecule has 0 unspecified atom stereocenters. The number of phenols is 1. The average molecular weight is 409 g/mol. The molecule has 0 aliphatic carbocycles. The number of aliphatic carboxylic acids is 1. The van der Waals surface area contributed by atoms with Crippen LogP contribution in [-0.2, 0) is 4.79 Å². The summed E-state index contributed by atoms with van der Waals surface area (Å²) >= 11 is 0. The van der Waals surface area contributed by atoms with E-state index in [0.29, 0.717) is 39.3 Å². The lowest BCUT2D eigenvalue weighted by Gasteiger charge is -2.08. The highest BCUT2D eigenvalue weighted by molar-refractivity contribution is 5.89. The van der Waals surface area contributed by atoms with Gasteiger partial charge in [-0.05, 0) is 66.9 Å². The maximum atomic E-state index is 11.3. The molecule has 1 N–H and O–H groups in total. The molecule has 0 saturated carbocycles. The molecule has 0 atom stereocenters. The summed E-state index contributed by atoms with van der Waals surface area (Å²) in [6.07, 6.45) is 1.22. The van der Waals surface area contributed by atoms with Gasteiger partial charge in [-0.15, -0.1) is 0 Å². The molecule has 1 aromatic heterocycles. The van der Waals surface area contributed by atoms with Gasteiger partial charge in [0.05, 0.1) is 14.2 Å². The molecule has 0 fully saturated rings. The average Bonchev–Trinajstić information content (AvgIpc) is 3.21. The summed E-state index contributed by atoms with van der Waals surface area (Å²) in [6, 6.07) is 8.63. The Labute approximate surface area is 173 Å². The number of carboxylic acid groups (broad SMARTS) is 1. The number of hydrogen-bond acceptors (Lipinski definition) is 8. The molecule has 0 aliphatic heterocycles. The van der Waals surface area contributed by atoms with Gasteiger partial charge in [0.25, 0.3) is 5.89 Å². The maximum Gasteiger partial charge on any atom is 0.254 e. The van der Waals surface area contributed by atoms with Crippen LogP contribution in [0.2, 0.25) is 0 Å². The molecule has 30 heavy (non-hydrogen) atoms. The van der Waals surface area contributed by atoms with Gasteiger partial charge in [0.15, 0.2) is 11.5 Å². The minimum atomic E-state index is -1.28. The topological polar surface area (TPSA) is 118 Å². The molecule has 0 bridgehead atoms. The van der Waals surface area contributed by atoms with Crippen molar-refractivity contribution in [1.29, 1.82) is 0 Å². The number of benzene rings is 2. The van der Waals surface area contributed by atoms with Gasteiger partial charge >= 0.3 is 0 Å². The van der Waals surface area contributed by atoms with Crippen molar-refractivity contribution in [3.05, 3.63) is 52.9 Å². The van der Waals surface area contributed by atoms with Gasteiger partial charge in [0.1, 0.15) is 5.75 Å². The predicted molar refractivity (Wildman–Crippen MR) is 108 cm³/mol. The van der Waals surface area contributed by atoms with E-state index in [1.54, 1.807) is 50.3 Å². The Bertz CT molecular complexity index is 1090. The van der Waals surface area contributed by atoms with E-state index < -0.39 is 12.4 Å². The highest BCUT2D eigenvalue weighted by Crippen LogP contribution is 2.32. The fourth-order valence-corrected chi connectivity index (χ4v) is 3.06. The molecule has 8 nitrogen and oxygen atoms in total. The van der Waals surface area contributed by atoms with Crippen molar-refractivity contribution in [2.45, 2.75) is 20.3 Å². The number of phenolic OH excluding ortho intramolecular Hbond substituents is 1. The Kier molecular flexibility index (Phi) is 6.06. The molecule has 0 aliphatic rings. The van der Waals surface area contributed by atoms with Gasteiger partial charge in [-0.1, -0.05) is 5.16 Å². The second-order valence-corrected chi connectivity index (χ2v) is 6.71. The SMILES string of the molecule is COc1ccc(-c2noc(/C(=C/c3cc(C)c(O)c(C)c3)CC(=O)[O-])n2)cc1OC. The fourth-order valence-electron chi connectivity index (χ4n) is 3.06. The Hall–Kier alpha value is -3.81. The second kappa shape index (κ2) is 8.69. The van der Waals surface area contributed by atoms with E-state index in [4.69, 9.17) is 14.0 Å². The van der Waals surface area contributed by atoms with Crippen molar-refractivity contribution in [2.75, 3.05) is 14.2 Å².